The van der Waals surface area contributed by atoms with Crippen molar-refractivity contribution in [2.75, 3.05) is 10.0 Å². The molecule has 0 fully saturated rings. The molecule has 26 heavy (non-hydrogen) atoms. The van der Waals surface area contributed by atoms with Gasteiger partial charge in [0, 0.05) is 23.5 Å². The summed E-state index contributed by atoms with van der Waals surface area (Å²) in [4.78, 5) is 20.0. The van der Waals surface area contributed by atoms with E-state index in [0.29, 0.717) is 5.69 Å². The number of sulfonamides is 1. The Hall–Kier alpha value is -3.74. The number of nitrogens with zero attached hydrogens (tertiary/aromatic N) is 3. The molecule has 4 N–H and O–H groups in total. The Morgan fingerprint density at radius 1 is 0.962 bits per heavy atom. The molecule has 0 atom stereocenters. The van der Waals surface area contributed by atoms with E-state index in [1.165, 1.54) is 24.3 Å². The van der Waals surface area contributed by atoms with Crippen LogP contribution in [0.3, 0.4) is 0 Å². The second-order valence-corrected chi connectivity index (χ2v) is 6.46. The van der Waals surface area contributed by atoms with Gasteiger partial charge in [-0.05, 0) is 36.4 Å². The molecule has 0 spiro atoms. The van der Waals surface area contributed by atoms with Gasteiger partial charge in [-0.3, -0.25) is 14.8 Å². The number of non-ortho nitro benzene ring substituents is 1. The number of nitrogens with two attached hydrogens (primary N) is 1. The Morgan fingerprint density at radius 2 is 1.50 bits per heavy atom. The van der Waals surface area contributed by atoms with Crippen LogP contribution in [0.4, 0.5) is 17.1 Å². The number of guanidine groups is 1. The lowest BCUT2D eigenvalue weighted by Gasteiger charge is -2.09. The van der Waals surface area contributed by atoms with Crippen molar-refractivity contribution in [3.63, 3.8) is 0 Å². The standard InChI is InChI=1S/C13H12N6O6S/c14-13(16-19(22)23)15-9-1-3-10(4-2-9)17-26(24,25)12-7-5-11(6-8-12)18(20)21/h1-8,17H,(H3,14,15,16). The van der Waals surface area contributed by atoms with Crippen molar-refractivity contribution in [2.24, 2.45) is 10.8 Å². The fourth-order valence-corrected chi connectivity index (χ4v) is 2.90. The lowest BCUT2D eigenvalue weighted by atomic mass is 10.3. The van der Waals surface area contributed by atoms with Gasteiger partial charge < -0.3 is 11.1 Å². The smallest absolute Gasteiger partial charge is 0.270 e. The number of benzene rings is 2. The van der Waals surface area contributed by atoms with E-state index in [2.05, 4.69) is 15.1 Å². The number of rotatable bonds is 6. The molecule has 0 aliphatic rings. The number of anilines is 2. The number of nitrogens with one attached hydrogen (secondary N) is 2. The normalized spacial score (nSPS) is 11.6. The predicted molar refractivity (Wildman–Crippen MR) is 92.6 cm³/mol. The quantitative estimate of drug-likeness (QED) is 0.290. The zero-order chi connectivity index (χ0) is 19.3. The maximum atomic E-state index is 12.3. The molecule has 0 aliphatic heterocycles. The van der Waals surface area contributed by atoms with Crippen LogP contribution in [-0.2, 0) is 10.0 Å². The average Bonchev–Trinajstić information content (AvgIpc) is 2.55. The van der Waals surface area contributed by atoms with E-state index in [1.807, 2.05) is 0 Å². The first-order valence-electron chi connectivity index (χ1n) is 6.80. The van der Waals surface area contributed by atoms with Crippen LogP contribution in [0.1, 0.15) is 0 Å². The van der Waals surface area contributed by atoms with E-state index < -0.39 is 25.9 Å². The first kappa shape index (κ1) is 18.6. The van der Waals surface area contributed by atoms with Crippen LogP contribution < -0.4 is 15.8 Å². The van der Waals surface area contributed by atoms with E-state index in [0.717, 1.165) is 24.3 Å². The van der Waals surface area contributed by atoms with Gasteiger partial charge in [0.1, 0.15) is 5.10 Å². The fourth-order valence-electron chi connectivity index (χ4n) is 1.84. The Morgan fingerprint density at radius 3 is 2.00 bits per heavy atom. The lowest BCUT2D eigenvalue weighted by molar-refractivity contribution is -0.485. The van der Waals surface area contributed by atoms with Crippen LogP contribution in [0.25, 0.3) is 0 Å². The molecular formula is C13H12N6O6S. The highest BCUT2D eigenvalue weighted by Gasteiger charge is 2.16. The largest absolute Gasteiger partial charge is 0.364 e. The third-order valence-corrected chi connectivity index (χ3v) is 4.35. The fraction of sp³-hybridized carbons (Fsp3) is 0. The number of hydrazone groups is 1. The van der Waals surface area contributed by atoms with Crippen LogP contribution in [0.15, 0.2) is 58.5 Å². The van der Waals surface area contributed by atoms with Crippen molar-refractivity contribution in [1.29, 1.82) is 0 Å². The molecule has 0 aliphatic carbocycles. The van der Waals surface area contributed by atoms with Gasteiger partial charge in [-0.25, -0.2) is 18.5 Å². The lowest BCUT2D eigenvalue weighted by Crippen LogP contribution is -2.23. The van der Waals surface area contributed by atoms with Gasteiger partial charge in [-0.15, -0.1) is 0 Å². The molecule has 0 amide bonds. The number of hydrogen-bond acceptors (Lipinski definition) is 6. The van der Waals surface area contributed by atoms with E-state index >= 15 is 0 Å². The van der Waals surface area contributed by atoms with Crippen LogP contribution >= 0.6 is 0 Å². The minimum Gasteiger partial charge on any atom is -0.364 e. The van der Waals surface area contributed by atoms with Crippen molar-refractivity contribution in [2.45, 2.75) is 4.90 Å². The second-order valence-electron chi connectivity index (χ2n) is 4.78. The van der Waals surface area contributed by atoms with Crippen LogP contribution in [0, 0.1) is 20.2 Å². The van der Waals surface area contributed by atoms with Gasteiger partial charge in [0.15, 0.2) is 5.03 Å². The van der Waals surface area contributed by atoms with Crippen molar-refractivity contribution in [3.05, 3.63) is 68.8 Å². The molecule has 0 aromatic heterocycles. The summed E-state index contributed by atoms with van der Waals surface area (Å²) in [7, 11) is -3.94. The van der Waals surface area contributed by atoms with E-state index in [9.17, 15) is 28.6 Å². The molecule has 13 heteroatoms. The van der Waals surface area contributed by atoms with Gasteiger partial charge in [0.25, 0.3) is 21.7 Å². The Kier molecular flexibility index (Phi) is 5.32. The van der Waals surface area contributed by atoms with Crippen LogP contribution in [0.2, 0.25) is 0 Å². The maximum Gasteiger partial charge on any atom is 0.270 e. The Balaban J connectivity index is 2.12. The SMILES string of the molecule is NC(=N[N+](=O)[O-])Nc1ccc(NS(=O)(=O)c2ccc([N+](=O)[O-])cc2)cc1. The van der Waals surface area contributed by atoms with Gasteiger partial charge in [0.05, 0.1) is 9.82 Å². The molecule has 2 rings (SSSR count). The second kappa shape index (κ2) is 7.43. The molecule has 136 valence electrons. The summed E-state index contributed by atoms with van der Waals surface area (Å²) in [5.41, 5.74) is 5.63. The first-order chi connectivity index (χ1) is 12.2. The molecule has 0 radical (unpaired) electrons. The first-order valence-corrected chi connectivity index (χ1v) is 8.28. The topological polar surface area (TPSA) is 183 Å². The van der Waals surface area contributed by atoms with Crippen molar-refractivity contribution in [3.8, 4) is 0 Å². The van der Waals surface area contributed by atoms with E-state index in [4.69, 9.17) is 5.73 Å². The summed E-state index contributed by atoms with van der Waals surface area (Å²) >= 11 is 0. The molecule has 0 heterocycles. The third kappa shape index (κ3) is 4.88. The maximum absolute atomic E-state index is 12.3. The minimum absolute atomic E-state index is 0.146. The number of nitro benzene ring substituents is 1. The van der Waals surface area contributed by atoms with Crippen LogP contribution in [-0.4, -0.2) is 24.3 Å². The molecule has 2 aromatic rings. The van der Waals surface area contributed by atoms with Gasteiger partial charge in [-0.1, -0.05) is 0 Å². The predicted octanol–water partition coefficient (Wildman–Crippen LogP) is 1.31. The molecule has 0 bridgehead atoms. The molecule has 12 nitrogen and oxygen atoms in total. The number of nitro groups is 2. The average molecular weight is 380 g/mol. The van der Waals surface area contributed by atoms with Crippen LogP contribution in [0.5, 0.6) is 0 Å². The minimum atomic E-state index is -3.94. The summed E-state index contributed by atoms with van der Waals surface area (Å²) in [6.45, 7) is 0. The highest BCUT2D eigenvalue weighted by molar-refractivity contribution is 7.92. The molecule has 0 saturated heterocycles. The van der Waals surface area contributed by atoms with Gasteiger partial charge >= 0.3 is 0 Å². The summed E-state index contributed by atoms with van der Waals surface area (Å²) in [6.07, 6.45) is 0. The Labute approximate surface area is 146 Å². The number of hydrogen-bond donors (Lipinski definition) is 3. The Bertz CT molecular complexity index is 956. The van der Waals surface area contributed by atoms with E-state index in [-0.39, 0.29) is 16.3 Å². The summed E-state index contributed by atoms with van der Waals surface area (Å²) in [5, 5.41) is 25.1. The third-order valence-electron chi connectivity index (χ3n) is 2.96. The van der Waals surface area contributed by atoms with Crippen molar-refractivity contribution in [1.82, 2.24) is 0 Å². The van der Waals surface area contributed by atoms with Crippen molar-refractivity contribution < 1.29 is 18.4 Å². The van der Waals surface area contributed by atoms with Crippen molar-refractivity contribution >= 4 is 33.0 Å². The zero-order valence-corrected chi connectivity index (χ0v) is 13.7. The van der Waals surface area contributed by atoms with Gasteiger partial charge in [-0.2, -0.15) is 0 Å². The van der Waals surface area contributed by atoms with Gasteiger partial charge in [0.2, 0.25) is 0 Å². The molecule has 0 saturated carbocycles. The van der Waals surface area contributed by atoms with E-state index in [1.54, 1.807) is 0 Å². The molecule has 0 unspecified atom stereocenters. The summed E-state index contributed by atoms with van der Waals surface area (Å²) in [5.74, 6) is -0.436. The highest BCUT2D eigenvalue weighted by Crippen LogP contribution is 2.20. The highest BCUT2D eigenvalue weighted by atomic mass is 32.2. The summed E-state index contributed by atoms with van der Waals surface area (Å²) in [6, 6.07) is 10.0. The molecular weight excluding hydrogens is 368 g/mol. The zero-order valence-electron chi connectivity index (χ0n) is 12.9. The summed E-state index contributed by atoms with van der Waals surface area (Å²) < 4.78 is 26.8. The monoisotopic (exact) mass is 380 g/mol. The molecule has 2 aromatic carbocycles.